The number of nitrogens with two attached hydrogens (primary N) is 1. The minimum atomic E-state index is -3.18. The van der Waals surface area contributed by atoms with Crippen LogP contribution in [0.1, 0.15) is 31.9 Å². The van der Waals surface area contributed by atoms with E-state index in [1.807, 2.05) is 12.1 Å². The summed E-state index contributed by atoms with van der Waals surface area (Å²) in [6.45, 7) is 3.96. The van der Waals surface area contributed by atoms with Crippen molar-refractivity contribution in [2.24, 2.45) is 11.1 Å². The van der Waals surface area contributed by atoms with Gasteiger partial charge in [0.25, 0.3) is 0 Å². The average Bonchev–Trinajstić information content (AvgIpc) is 2.38. The van der Waals surface area contributed by atoms with Crippen LogP contribution in [0.3, 0.4) is 0 Å². The van der Waals surface area contributed by atoms with Crippen molar-refractivity contribution < 1.29 is 13.2 Å². The molecule has 0 radical (unpaired) electrons. The fourth-order valence-corrected chi connectivity index (χ4v) is 3.89. The molecule has 0 bridgehead atoms. The van der Waals surface area contributed by atoms with Crippen LogP contribution in [0.25, 0.3) is 0 Å². The van der Waals surface area contributed by atoms with Gasteiger partial charge in [0.2, 0.25) is 5.91 Å². The van der Waals surface area contributed by atoms with Gasteiger partial charge in [0.05, 0.1) is 16.1 Å². The quantitative estimate of drug-likeness (QED) is 0.867. The van der Waals surface area contributed by atoms with Crippen molar-refractivity contribution in [2.75, 3.05) is 12.3 Å². The summed E-state index contributed by atoms with van der Waals surface area (Å²) in [5.74, 6) is -0.250. The average molecular weight is 296 g/mol. The molecule has 0 saturated heterocycles. The Morgan fingerprint density at radius 3 is 2.70 bits per heavy atom. The van der Waals surface area contributed by atoms with Gasteiger partial charge in [-0.1, -0.05) is 18.2 Å². The van der Waals surface area contributed by atoms with Gasteiger partial charge < -0.3 is 11.1 Å². The van der Waals surface area contributed by atoms with E-state index in [0.717, 1.165) is 5.56 Å². The summed E-state index contributed by atoms with van der Waals surface area (Å²) in [5, 5.41) is 3.27. The first kappa shape index (κ1) is 15.0. The molecule has 20 heavy (non-hydrogen) atoms. The third-order valence-corrected chi connectivity index (χ3v) is 5.58. The molecule has 110 valence electrons. The highest BCUT2D eigenvalue weighted by Gasteiger charge is 2.32. The molecule has 1 atom stereocenters. The van der Waals surface area contributed by atoms with E-state index in [2.05, 4.69) is 5.32 Å². The Hall–Kier alpha value is -1.40. The van der Waals surface area contributed by atoms with Gasteiger partial charge in [-0.15, -0.1) is 0 Å². The van der Waals surface area contributed by atoms with Gasteiger partial charge in [0, 0.05) is 12.6 Å². The third kappa shape index (κ3) is 2.86. The summed E-state index contributed by atoms with van der Waals surface area (Å²) < 4.78 is 24.1. The van der Waals surface area contributed by atoms with E-state index in [0.29, 0.717) is 17.9 Å². The van der Waals surface area contributed by atoms with E-state index in [1.165, 1.54) is 0 Å². The van der Waals surface area contributed by atoms with Crippen molar-refractivity contribution in [3.05, 3.63) is 29.8 Å². The molecule has 1 aliphatic rings. The van der Waals surface area contributed by atoms with Crippen LogP contribution in [-0.4, -0.2) is 26.6 Å². The molecule has 1 aromatic rings. The fourth-order valence-electron chi connectivity index (χ4n) is 2.27. The first-order valence-electron chi connectivity index (χ1n) is 6.59. The Labute approximate surface area is 119 Å². The normalized spacial score (nSPS) is 21.2. The number of hydrogen-bond donors (Lipinski definition) is 2. The minimum absolute atomic E-state index is 0.0617. The van der Waals surface area contributed by atoms with Crippen molar-refractivity contribution in [3.8, 4) is 0 Å². The van der Waals surface area contributed by atoms with Crippen LogP contribution in [0.5, 0.6) is 0 Å². The maximum absolute atomic E-state index is 12.0. The number of carbonyl (C=O) groups excluding carboxylic acids is 1. The predicted molar refractivity (Wildman–Crippen MR) is 76.8 cm³/mol. The molecule has 1 heterocycles. The second-order valence-electron chi connectivity index (χ2n) is 5.83. The standard InChI is InChI=1S/C14H20N2O3S/c1-14(2,13(15)17)9-16-11-7-8-20(18,19)12-6-4-3-5-10(11)12/h3-6,11,16H,7-9H2,1-2H3,(H2,15,17). The number of carbonyl (C=O) groups is 1. The van der Waals surface area contributed by atoms with Crippen LogP contribution in [0.15, 0.2) is 29.2 Å². The minimum Gasteiger partial charge on any atom is -0.369 e. The van der Waals surface area contributed by atoms with Crippen molar-refractivity contribution in [1.82, 2.24) is 5.32 Å². The summed E-state index contributed by atoms with van der Waals surface area (Å²) in [5.41, 5.74) is 5.46. The summed E-state index contributed by atoms with van der Waals surface area (Å²) in [4.78, 5) is 11.7. The molecule has 5 nitrogen and oxygen atoms in total. The second kappa shape index (κ2) is 5.18. The lowest BCUT2D eigenvalue weighted by molar-refractivity contribution is -0.125. The number of sulfone groups is 1. The number of fused-ring (bicyclic) bond motifs is 1. The molecule has 0 aromatic heterocycles. The zero-order valence-electron chi connectivity index (χ0n) is 11.7. The Morgan fingerprint density at radius 2 is 2.05 bits per heavy atom. The van der Waals surface area contributed by atoms with Crippen LogP contribution in [0.4, 0.5) is 0 Å². The molecule has 1 unspecified atom stereocenters. The number of benzene rings is 1. The maximum Gasteiger partial charge on any atom is 0.224 e. The van der Waals surface area contributed by atoms with E-state index in [-0.39, 0.29) is 17.7 Å². The molecule has 1 amide bonds. The molecule has 1 aliphatic heterocycles. The highest BCUT2D eigenvalue weighted by Crippen LogP contribution is 2.32. The Kier molecular flexibility index (Phi) is 3.88. The second-order valence-corrected chi connectivity index (χ2v) is 7.90. The van der Waals surface area contributed by atoms with Crippen LogP contribution in [0.2, 0.25) is 0 Å². The van der Waals surface area contributed by atoms with Crippen LogP contribution in [-0.2, 0) is 14.6 Å². The van der Waals surface area contributed by atoms with E-state index in [9.17, 15) is 13.2 Å². The highest BCUT2D eigenvalue weighted by atomic mass is 32.2. The molecule has 0 saturated carbocycles. The van der Waals surface area contributed by atoms with Gasteiger partial charge in [-0.05, 0) is 31.9 Å². The van der Waals surface area contributed by atoms with E-state index >= 15 is 0 Å². The van der Waals surface area contributed by atoms with Gasteiger partial charge in [0.15, 0.2) is 9.84 Å². The molecular formula is C14H20N2O3S. The zero-order chi connectivity index (χ0) is 15.0. The number of primary amides is 1. The molecule has 6 heteroatoms. The molecule has 2 rings (SSSR count). The van der Waals surface area contributed by atoms with Crippen LogP contribution >= 0.6 is 0 Å². The largest absolute Gasteiger partial charge is 0.369 e. The Balaban J connectivity index is 2.22. The van der Waals surface area contributed by atoms with E-state index in [1.54, 1.807) is 26.0 Å². The summed E-state index contributed by atoms with van der Waals surface area (Å²) in [6, 6.07) is 6.95. The molecule has 0 aliphatic carbocycles. The van der Waals surface area contributed by atoms with Gasteiger partial charge in [-0.2, -0.15) is 0 Å². The van der Waals surface area contributed by atoms with Crippen molar-refractivity contribution in [2.45, 2.75) is 31.2 Å². The fraction of sp³-hybridized carbons (Fsp3) is 0.500. The van der Waals surface area contributed by atoms with Gasteiger partial charge in [0.1, 0.15) is 0 Å². The molecule has 3 N–H and O–H groups in total. The molecule has 0 fully saturated rings. The maximum atomic E-state index is 12.0. The summed E-state index contributed by atoms with van der Waals surface area (Å²) in [7, 11) is -3.18. The first-order valence-corrected chi connectivity index (χ1v) is 8.24. The number of nitrogens with one attached hydrogen (secondary N) is 1. The molecule has 0 spiro atoms. The van der Waals surface area contributed by atoms with Gasteiger partial charge in [-0.3, -0.25) is 4.79 Å². The van der Waals surface area contributed by atoms with Crippen molar-refractivity contribution in [3.63, 3.8) is 0 Å². The lowest BCUT2D eigenvalue weighted by atomic mass is 9.91. The Morgan fingerprint density at radius 1 is 1.40 bits per heavy atom. The molecular weight excluding hydrogens is 276 g/mol. The monoisotopic (exact) mass is 296 g/mol. The van der Waals surface area contributed by atoms with Crippen LogP contribution < -0.4 is 11.1 Å². The van der Waals surface area contributed by atoms with Gasteiger partial charge in [-0.25, -0.2) is 8.42 Å². The number of hydrogen-bond acceptors (Lipinski definition) is 4. The molecule has 1 aromatic carbocycles. The topological polar surface area (TPSA) is 89.3 Å². The van der Waals surface area contributed by atoms with E-state index < -0.39 is 15.3 Å². The SMILES string of the molecule is CC(C)(CNC1CCS(=O)(=O)c2ccccc21)C(N)=O. The van der Waals surface area contributed by atoms with E-state index in [4.69, 9.17) is 5.73 Å². The predicted octanol–water partition coefficient (Wildman–Crippen LogP) is 1.01. The zero-order valence-corrected chi connectivity index (χ0v) is 12.5. The lowest BCUT2D eigenvalue weighted by Crippen LogP contribution is -2.42. The van der Waals surface area contributed by atoms with Crippen LogP contribution in [0, 0.1) is 5.41 Å². The van der Waals surface area contributed by atoms with Crippen molar-refractivity contribution >= 4 is 15.7 Å². The van der Waals surface area contributed by atoms with Gasteiger partial charge >= 0.3 is 0 Å². The smallest absolute Gasteiger partial charge is 0.224 e. The summed E-state index contributed by atoms with van der Waals surface area (Å²) >= 11 is 0. The highest BCUT2D eigenvalue weighted by molar-refractivity contribution is 7.91. The summed E-state index contributed by atoms with van der Waals surface area (Å²) in [6.07, 6.45) is 0.508. The van der Waals surface area contributed by atoms with Crippen molar-refractivity contribution in [1.29, 1.82) is 0 Å². The lowest BCUT2D eigenvalue weighted by Gasteiger charge is -2.29. The Bertz CT molecular complexity index is 623. The third-order valence-electron chi connectivity index (χ3n) is 3.76. The number of amides is 1. The number of rotatable bonds is 4. The first-order chi connectivity index (χ1) is 9.24.